The zero-order chi connectivity index (χ0) is 13.5. The molecule has 0 aromatic heterocycles. The Hall–Kier alpha value is -1.14. The molecule has 1 saturated heterocycles. The van der Waals surface area contributed by atoms with Gasteiger partial charge in [0.15, 0.2) is 6.29 Å². The number of primary amides is 1. The second kappa shape index (κ2) is 7.33. The lowest BCUT2D eigenvalue weighted by molar-refractivity contribution is -0.144. The maximum absolute atomic E-state index is 11.6. The number of amides is 2. The van der Waals surface area contributed by atoms with Crippen molar-refractivity contribution < 1.29 is 19.4 Å². The molecule has 0 bridgehead atoms. The fraction of sp³-hybridized carbons (Fsp3) is 0.833. The summed E-state index contributed by atoms with van der Waals surface area (Å²) in [5.41, 5.74) is 4.99. The summed E-state index contributed by atoms with van der Waals surface area (Å²) in [5, 5.41) is 9.55. The van der Waals surface area contributed by atoms with E-state index in [4.69, 9.17) is 10.5 Å². The minimum absolute atomic E-state index is 0.104. The first kappa shape index (κ1) is 14.9. The van der Waals surface area contributed by atoms with Gasteiger partial charge in [0.2, 0.25) is 11.8 Å². The number of carbonyl (C=O) groups is 2. The molecule has 0 radical (unpaired) electrons. The van der Waals surface area contributed by atoms with E-state index in [1.54, 1.807) is 4.90 Å². The lowest BCUT2D eigenvalue weighted by Crippen LogP contribution is -2.31. The summed E-state index contributed by atoms with van der Waals surface area (Å²) in [7, 11) is 0. The molecule has 1 heterocycles. The summed E-state index contributed by atoms with van der Waals surface area (Å²) >= 11 is 0. The molecule has 2 amide bonds. The third kappa shape index (κ3) is 5.01. The molecule has 3 N–H and O–H groups in total. The highest BCUT2D eigenvalue weighted by atomic mass is 16.6. The maximum Gasteiger partial charge on any atom is 0.222 e. The van der Waals surface area contributed by atoms with Crippen LogP contribution in [-0.4, -0.2) is 47.3 Å². The van der Waals surface area contributed by atoms with Crippen molar-refractivity contribution in [2.45, 2.75) is 51.4 Å². The van der Waals surface area contributed by atoms with E-state index in [0.717, 1.165) is 12.8 Å². The summed E-state index contributed by atoms with van der Waals surface area (Å²) in [5.74, 6) is -0.320. The number of aliphatic hydroxyl groups excluding tert-OH is 1. The molecule has 104 valence electrons. The summed E-state index contributed by atoms with van der Waals surface area (Å²) in [4.78, 5) is 24.0. The van der Waals surface area contributed by atoms with E-state index in [1.165, 1.54) is 0 Å². The van der Waals surface area contributed by atoms with Crippen molar-refractivity contribution in [2.24, 2.45) is 5.73 Å². The Morgan fingerprint density at radius 2 is 2.22 bits per heavy atom. The molecular formula is C12H22N2O4. The molecule has 0 aromatic rings. The molecule has 2 unspecified atom stereocenters. The van der Waals surface area contributed by atoms with Gasteiger partial charge in [-0.15, -0.1) is 0 Å². The minimum Gasteiger partial charge on any atom is -0.370 e. The molecule has 0 aliphatic carbocycles. The minimum atomic E-state index is -0.983. The van der Waals surface area contributed by atoms with Crippen LogP contribution in [0, 0.1) is 0 Å². The fourth-order valence-electron chi connectivity index (χ4n) is 1.99. The van der Waals surface area contributed by atoms with E-state index >= 15 is 0 Å². The number of nitrogens with two attached hydrogens (primary N) is 1. The fourth-order valence-corrected chi connectivity index (χ4v) is 1.99. The van der Waals surface area contributed by atoms with Crippen molar-refractivity contribution in [3.05, 3.63) is 0 Å². The Kier molecular flexibility index (Phi) is 6.07. The molecule has 1 rings (SSSR count). The van der Waals surface area contributed by atoms with Crippen molar-refractivity contribution in [1.82, 2.24) is 4.90 Å². The van der Waals surface area contributed by atoms with Crippen LogP contribution in [0.15, 0.2) is 0 Å². The number of hydrogen-bond donors (Lipinski definition) is 2. The van der Waals surface area contributed by atoms with Gasteiger partial charge in [-0.05, 0) is 12.8 Å². The second-order valence-corrected chi connectivity index (χ2v) is 4.60. The maximum atomic E-state index is 11.6. The van der Waals surface area contributed by atoms with Crippen LogP contribution < -0.4 is 5.73 Å². The lowest BCUT2D eigenvalue weighted by atomic mass is 10.3. The highest BCUT2D eigenvalue weighted by Gasteiger charge is 2.27. The van der Waals surface area contributed by atoms with Crippen molar-refractivity contribution in [2.75, 3.05) is 13.1 Å². The van der Waals surface area contributed by atoms with Crippen LogP contribution in [0.3, 0.4) is 0 Å². The molecule has 0 saturated carbocycles. The second-order valence-electron chi connectivity index (χ2n) is 4.60. The third-order valence-electron chi connectivity index (χ3n) is 2.95. The lowest BCUT2D eigenvalue weighted by Gasteiger charge is -2.18. The molecular weight excluding hydrogens is 236 g/mol. The van der Waals surface area contributed by atoms with Gasteiger partial charge in [0.1, 0.15) is 0 Å². The molecule has 18 heavy (non-hydrogen) atoms. The molecule has 1 aliphatic heterocycles. The summed E-state index contributed by atoms with van der Waals surface area (Å²) in [6.07, 6.45) is 1.29. The number of carbonyl (C=O) groups excluding carboxylic acids is 2. The molecule has 0 aromatic carbocycles. The van der Waals surface area contributed by atoms with E-state index < -0.39 is 12.2 Å². The Labute approximate surface area is 107 Å². The largest absolute Gasteiger partial charge is 0.370 e. The predicted octanol–water partition coefficient (Wildman–Crippen LogP) is -0.0121. The molecule has 6 nitrogen and oxygen atoms in total. The Morgan fingerprint density at radius 1 is 1.50 bits per heavy atom. The number of likely N-dealkylation sites (tertiary alicyclic amines) is 1. The van der Waals surface area contributed by atoms with Gasteiger partial charge in [-0.2, -0.15) is 0 Å². The van der Waals surface area contributed by atoms with Crippen molar-refractivity contribution >= 4 is 11.8 Å². The third-order valence-corrected chi connectivity index (χ3v) is 2.95. The number of rotatable bonds is 7. The zero-order valence-electron chi connectivity index (χ0n) is 10.8. The van der Waals surface area contributed by atoms with Gasteiger partial charge in [-0.25, -0.2) is 0 Å². The SMILES string of the molecule is CCCC(=O)N1CCC(OC(O)CCC(N)=O)C1. The van der Waals surface area contributed by atoms with Gasteiger partial charge in [-0.1, -0.05) is 6.92 Å². The van der Waals surface area contributed by atoms with E-state index in [0.29, 0.717) is 19.5 Å². The first-order chi connectivity index (χ1) is 8.52. The zero-order valence-corrected chi connectivity index (χ0v) is 10.8. The standard InChI is InChI=1S/C12H22N2O4/c1-2-3-11(16)14-7-6-9(8-14)18-12(17)5-4-10(13)15/h9,12,17H,2-8H2,1H3,(H2,13,15). The van der Waals surface area contributed by atoms with Crippen LogP contribution in [0.4, 0.5) is 0 Å². The monoisotopic (exact) mass is 258 g/mol. The van der Waals surface area contributed by atoms with E-state index in [1.807, 2.05) is 6.92 Å². The average molecular weight is 258 g/mol. The average Bonchev–Trinajstić information content (AvgIpc) is 2.75. The van der Waals surface area contributed by atoms with Crippen molar-refractivity contribution in [3.8, 4) is 0 Å². The van der Waals surface area contributed by atoms with Crippen LogP contribution in [0.25, 0.3) is 0 Å². The van der Waals surface area contributed by atoms with Gasteiger partial charge in [-0.3, -0.25) is 9.59 Å². The predicted molar refractivity (Wildman–Crippen MR) is 65.4 cm³/mol. The van der Waals surface area contributed by atoms with Crippen LogP contribution in [0.2, 0.25) is 0 Å². The van der Waals surface area contributed by atoms with Crippen LogP contribution in [0.5, 0.6) is 0 Å². The molecule has 2 atom stereocenters. The van der Waals surface area contributed by atoms with Crippen LogP contribution in [0.1, 0.15) is 39.0 Å². The quantitative estimate of drug-likeness (QED) is 0.628. The molecule has 1 fully saturated rings. The number of hydrogen-bond acceptors (Lipinski definition) is 4. The van der Waals surface area contributed by atoms with Crippen LogP contribution in [-0.2, 0) is 14.3 Å². The van der Waals surface area contributed by atoms with Gasteiger partial charge in [0.05, 0.1) is 6.10 Å². The van der Waals surface area contributed by atoms with E-state index in [9.17, 15) is 14.7 Å². The van der Waals surface area contributed by atoms with Gasteiger partial charge >= 0.3 is 0 Å². The first-order valence-corrected chi connectivity index (χ1v) is 6.42. The first-order valence-electron chi connectivity index (χ1n) is 6.42. The number of aliphatic hydroxyl groups is 1. The smallest absolute Gasteiger partial charge is 0.222 e. The summed E-state index contributed by atoms with van der Waals surface area (Å²) in [6.45, 7) is 3.16. The summed E-state index contributed by atoms with van der Waals surface area (Å²) in [6, 6.07) is 0. The van der Waals surface area contributed by atoms with Gasteiger partial charge < -0.3 is 20.5 Å². The topological polar surface area (TPSA) is 92.9 Å². The van der Waals surface area contributed by atoms with Crippen molar-refractivity contribution in [3.63, 3.8) is 0 Å². The van der Waals surface area contributed by atoms with Crippen LogP contribution >= 0.6 is 0 Å². The van der Waals surface area contributed by atoms with Gasteiger partial charge in [0.25, 0.3) is 0 Å². The normalized spacial score (nSPS) is 21.0. The highest BCUT2D eigenvalue weighted by molar-refractivity contribution is 5.76. The Morgan fingerprint density at radius 3 is 2.83 bits per heavy atom. The van der Waals surface area contributed by atoms with E-state index in [2.05, 4.69) is 0 Å². The Bertz CT molecular complexity index is 296. The molecule has 6 heteroatoms. The Balaban J connectivity index is 2.25. The molecule has 1 aliphatic rings. The number of nitrogens with zero attached hydrogens (tertiary/aromatic N) is 1. The highest BCUT2D eigenvalue weighted by Crippen LogP contribution is 2.16. The van der Waals surface area contributed by atoms with Gasteiger partial charge in [0, 0.05) is 32.4 Å². The summed E-state index contributed by atoms with van der Waals surface area (Å²) < 4.78 is 5.37. The van der Waals surface area contributed by atoms with E-state index in [-0.39, 0.29) is 24.9 Å². The van der Waals surface area contributed by atoms with Crippen molar-refractivity contribution in [1.29, 1.82) is 0 Å². The molecule has 0 spiro atoms. The number of ether oxygens (including phenoxy) is 1.